The molecule has 0 unspecified atom stereocenters. The molecule has 0 spiro atoms. The molecule has 0 fully saturated rings. The first-order chi connectivity index (χ1) is 10.3. The van der Waals surface area contributed by atoms with Gasteiger partial charge in [-0.15, -0.1) is 0 Å². The fraction of sp³-hybridized carbons (Fsp3) is 0. The number of phenols is 2. The summed E-state index contributed by atoms with van der Waals surface area (Å²) in [6, 6.07) is 2.67. The van der Waals surface area contributed by atoms with Crippen LogP contribution in [0.25, 0.3) is 0 Å². The second kappa shape index (κ2) is 4.72. The zero-order chi connectivity index (χ0) is 16.3. The third-order valence-corrected chi connectivity index (χ3v) is 4.69. The fourth-order valence-corrected chi connectivity index (χ4v) is 3.39. The number of halogens is 2. The molecule has 0 saturated heterocycles. The molecule has 0 radical (unpaired) electrons. The number of nitrogens with two attached hydrogens (primary N) is 2. The van der Waals surface area contributed by atoms with Crippen molar-refractivity contribution < 1.29 is 19.8 Å². The summed E-state index contributed by atoms with van der Waals surface area (Å²) in [5.41, 5.74) is 10.9. The van der Waals surface area contributed by atoms with Gasteiger partial charge in [-0.05, 0) is 44.0 Å². The monoisotopic (exact) mass is 426 g/mol. The molecular weight excluding hydrogens is 420 g/mol. The number of anilines is 2. The second-order valence-corrected chi connectivity index (χ2v) is 6.46. The van der Waals surface area contributed by atoms with E-state index in [1.807, 2.05) is 0 Å². The topological polar surface area (TPSA) is 127 Å². The van der Waals surface area contributed by atoms with E-state index in [1.165, 1.54) is 12.1 Å². The molecule has 112 valence electrons. The fourth-order valence-electron chi connectivity index (χ4n) is 2.50. The molecular formula is C14H8Br2N2O4. The minimum absolute atomic E-state index is 0.0329. The Morgan fingerprint density at radius 3 is 1.41 bits per heavy atom. The molecule has 1 aliphatic rings. The highest BCUT2D eigenvalue weighted by atomic mass is 79.9. The Labute approximate surface area is 141 Å². The molecule has 0 amide bonds. The van der Waals surface area contributed by atoms with Crippen LogP contribution >= 0.6 is 31.9 Å². The highest BCUT2D eigenvalue weighted by Gasteiger charge is 2.38. The predicted octanol–water partition coefficient (Wildman–Crippen LogP) is 2.56. The van der Waals surface area contributed by atoms with Gasteiger partial charge in [0.1, 0.15) is 11.5 Å². The van der Waals surface area contributed by atoms with E-state index in [0.717, 1.165) is 0 Å². The second-order valence-electron chi connectivity index (χ2n) is 4.75. The first-order valence-electron chi connectivity index (χ1n) is 5.97. The van der Waals surface area contributed by atoms with Crippen LogP contribution in [0.4, 0.5) is 11.4 Å². The van der Waals surface area contributed by atoms with Gasteiger partial charge in [-0.3, -0.25) is 9.59 Å². The third-order valence-electron chi connectivity index (χ3n) is 3.48. The van der Waals surface area contributed by atoms with Gasteiger partial charge in [0, 0.05) is 11.4 Å². The summed E-state index contributed by atoms with van der Waals surface area (Å²) in [4.78, 5) is 25.3. The lowest BCUT2D eigenvalue weighted by atomic mass is 9.81. The van der Waals surface area contributed by atoms with Gasteiger partial charge in [-0.2, -0.15) is 0 Å². The Bertz CT molecular complexity index is 824. The normalized spacial score (nSPS) is 13.0. The Hall–Kier alpha value is -2.06. The van der Waals surface area contributed by atoms with Gasteiger partial charge in [0.05, 0.1) is 31.2 Å². The number of fused-ring (bicyclic) bond motifs is 2. The Morgan fingerprint density at radius 1 is 0.727 bits per heavy atom. The van der Waals surface area contributed by atoms with Crippen molar-refractivity contribution in [1.29, 1.82) is 0 Å². The van der Waals surface area contributed by atoms with Crippen molar-refractivity contribution in [2.75, 3.05) is 11.5 Å². The number of hydrogen-bond donors (Lipinski definition) is 4. The van der Waals surface area contributed by atoms with Crippen LogP contribution in [-0.2, 0) is 0 Å². The maximum Gasteiger partial charge on any atom is 0.202 e. The van der Waals surface area contributed by atoms with Crippen molar-refractivity contribution in [3.8, 4) is 11.5 Å². The molecule has 1 aliphatic carbocycles. The van der Waals surface area contributed by atoms with E-state index in [9.17, 15) is 19.8 Å². The zero-order valence-electron chi connectivity index (χ0n) is 10.8. The standard InChI is InChI=1S/C14H8Br2N2O4/c15-3-1-5(17)7-9(11(3)19)14(22)10-8(13(7)21)6(18)2-4(16)12(10)20/h1-2,19-20H,17-18H2. The van der Waals surface area contributed by atoms with Gasteiger partial charge >= 0.3 is 0 Å². The van der Waals surface area contributed by atoms with Crippen molar-refractivity contribution in [2.45, 2.75) is 0 Å². The molecule has 0 bridgehead atoms. The lowest BCUT2D eigenvalue weighted by Gasteiger charge is -2.23. The van der Waals surface area contributed by atoms with Crippen molar-refractivity contribution in [3.05, 3.63) is 43.3 Å². The van der Waals surface area contributed by atoms with Gasteiger partial charge in [-0.25, -0.2) is 0 Å². The van der Waals surface area contributed by atoms with Gasteiger partial charge in [0.25, 0.3) is 0 Å². The zero-order valence-corrected chi connectivity index (χ0v) is 13.9. The molecule has 0 aliphatic heterocycles. The number of aromatic hydroxyl groups is 2. The van der Waals surface area contributed by atoms with Crippen LogP contribution in [0.5, 0.6) is 11.5 Å². The summed E-state index contributed by atoms with van der Waals surface area (Å²) < 4.78 is 0.353. The van der Waals surface area contributed by atoms with Gasteiger partial charge in [0.15, 0.2) is 5.78 Å². The summed E-state index contributed by atoms with van der Waals surface area (Å²) in [5.74, 6) is -2.16. The highest BCUT2D eigenvalue weighted by Crippen LogP contribution is 2.45. The number of benzene rings is 2. The molecule has 22 heavy (non-hydrogen) atoms. The van der Waals surface area contributed by atoms with Crippen LogP contribution in [0.15, 0.2) is 21.1 Å². The van der Waals surface area contributed by atoms with Crippen LogP contribution in [-0.4, -0.2) is 21.8 Å². The van der Waals surface area contributed by atoms with E-state index in [4.69, 9.17) is 11.5 Å². The maximum atomic E-state index is 12.7. The molecule has 0 saturated carbocycles. The number of nitrogen functional groups attached to an aromatic ring is 2. The summed E-state index contributed by atoms with van der Waals surface area (Å²) >= 11 is 6.14. The van der Waals surface area contributed by atoms with Crippen molar-refractivity contribution in [3.63, 3.8) is 0 Å². The van der Waals surface area contributed by atoms with Gasteiger partial charge < -0.3 is 21.7 Å². The number of carbonyl (C=O) groups excluding carboxylic acids is 2. The molecule has 2 aromatic rings. The summed E-state index contributed by atoms with van der Waals surface area (Å²) in [6.45, 7) is 0. The Morgan fingerprint density at radius 2 is 1.05 bits per heavy atom. The van der Waals surface area contributed by atoms with Crippen molar-refractivity contribution >= 4 is 54.8 Å². The average molecular weight is 428 g/mol. The molecule has 8 heteroatoms. The number of hydrogen-bond acceptors (Lipinski definition) is 6. The largest absolute Gasteiger partial charge is 0.506 e. The van der Waals surface area contributed by atoms with E-state index >= 15 is 0 Å². The van der Waals surface area contributed by atoms with Crippen molar-refractivity contribution in [2.24, 2.45) is 0 Å². The number of phenolic OH excluding ortho intramolecular Hbond substituents is 2. The lowest BCUT2D eigenvalue weighted by molar-refractivity contribution is 0.0975. The summed E-state index contributed by atoms with van der Waals surface area (Å²) in [6.07, 6.45) is 0. The van der Waals surface area contributed by atoms with Crippen LogP contribution < -0.4 is 11.5 Å². The third kappa shape index (κ3) is 1.77. The van der Waals surface area contributed by atoms with Crippen LogP contribution in [0, 0.1) is 0 Å². The highest BCUT2D eigenvalue weighted by molar-refractivity contribution is 9.11. The molecule has 0 aromatic heterocycles. The molecule has 0 atom stereocenters. The summed E-state index contributed by atoms with van der Waals surface area (Å²) in [7, 11) is 0. The molecule has 6 nitrogen and oxygen atoms in total. The minimum atomic E-state index is -0.722. The first-order valence-corrected chi connectivity index (χ1v) is 7.55. The smallest absolute Gasteiger partial charge is 0.202 e. The maximum absolute atomic E-state index is 12.7. The van der Waals surface area contributed by atoms with E-state index < -0.39 is 23.1 Å². The van der Waals surface area contributed by atoms with Crippen LogP contribution in [0.3, 0.4) is 0 Å². The SMILES string of the molecule is Nc1cc(Br)c(O)c2c1C(=O)c1c(N)cc(Br)c(O)c1C2=O. The predicted molar refractivity (Wildman–Crippen MR) is 87.3 cm³/mol. The number of ketones is 2. The molecule has 6 N–H and O–H groups in total. The average Bonchev–Trinajstić information content (AvgIpc) is 2.44. The van der Waals surface area contributed by atoms with E-state index in [1.54, 1.807) is 0 Å². The molecule has 2 aromatic carbocycles. The Kier molecular flexibility index (Phi) is 3.19. The quantitative estimate of drug-likeness (QED) is 0.322. The molecule has 0 heterocycles. The van der Waals surface area contributed by atoms with Gasteiger partial charge in [-0.1, -0.05) is 0 Å². The van der Waals surface area contributed by atoms with Crippen molar-refractivity contribution in [1.82, 2.24) is 0 Å². The number of rotatable bonds is 0. The van der Waals surface area contributed by atoms with E-state index in [-0.39, 0.29) is 42.6 Å². The van der Waals surface area contributed by atoms with Crippen LogP contribution in [0.1, 0.15) is 31.8 Å². The van der Waals surface area contributed by atoms with Crippen LogP contribution in [0.2, 0.25) is 0 Å². The minimum Gasteiger partial charge on any atom is -0.506 e. The molecule has 3 rings (SSSR count). The van der Waals surface area contributed by atoms with E-state index in [0.29, 0.717) is 0 Å². The Balaban J connectivity index is 2.49. The number of carbonyl (C=O) groups is 2. The first kappa shape index (κ1) is 14.9. The lowest BCUT2D eigenvalue weighted by Crippen LogP contribution is -2.24. The van der Waals surface area contributed by atoms with Gasteiger partial charge in [0.2, 0.25) is 5.78 Å². The summed E-state index contributed by atoms with van der Waals surface area (Å²) in [5, 5.41) is 20.2. The van der Waals surface area contributed by atoms with E-state index in [2.05, 4.69) is 31.9 Å².